The minimum absolute atomic E-state index is 0.0793. The van der Waals surface area contributed by atoms with Crippen molar-refractivity contribution < 1.29 is 18.3 Å². The molecule has 0 heterocycles. The molecule has 0 fully saturated rings. The average Bonchev–Trinajstić information content (AvgIpc) is 2.48. The van der Waals surface area contributed by atoms with Crippen LogP contribution in [0.15, 0.2) is 47.4 Å². The molecule has 0 unspecified atom stereocenters. The summed E-state index contributed by atoms with van der Waals surface area (Å²) in [5, 5.41) is 9.28. The summed E-state index contributed by atoms with van der Waals surface area (Å²) >= 11 is 0. The number of hydrogen-bond acceptors (Lipinski definition) is 4. The second-order valence-corrected chi connectivity index (χ2v) is 6.23. The molecule has 0 radical (unpaired) electrons. The Bertz CT molecular complexity index is 741. The molecule has 5 nitrogen and oxygen atoms in total. The van der Waals surface area contributed by atoms with E-state index >= 15 is 0 Å². The quantitative estimate of drug-likeness (QED) is 0.888. The maximum absolute atomic E-state index is 12.4. The molecule has 21 heavy (non-hydrogen) atoms. The predicted molar refractivity (Wildman–Crippen MR) is 80.9 cm³/mol. The molecule has 0 aromatic heterocycles. The van der Waals surface area contributed by atoms with Crippen LogP contribution in [0.3, 0.4) is 0 Å². The molecule has 2 rings (SSSR count). The lowest BCUT2D eigenvalue weighted by molar-refractivity contribution is 0.273. The molecule has 0 atom stereocenters. The number of ether oxygens (including phenoxy) is 1. The van der Waals surface area contributed by atoms with Crippen molar-refractivity contribution in [2.45, 2.75) is 18.4 Å². The standard InChI is InChI=1S/C15H17NO4S/c1-11-5-3-4-6-14(11)16-21(18,19)13-7-8-15(20-2)12(9-13)10-17/h3-9,16-17H,10H2,1-2H3. The zero-order valence-corrected chi connectivity index (χ0v) is 12.6. The normalized spacial score (nSPS) is 11.2. The van der Waals surface area contributed by atoms with Crippen molar-refractivity contribution in [3.05, 3.63) is 53.6 Å². The van der Waals surface area contributed by atoms with Crippen molar-refractivity contribution in [3.8, 4) is 5.75 Å². The number of benzene rings is 2. The van der Waals surface area contributed by atoms with Crippen molar-refractivity contribution in [3.63, 3.8) is 0 Å². The molecule has 0 saturated carbocycles. The Kier molecular flexibility index (Phi) is 4.50. The smallest absolute Gasteiger partial charge is 0.261 e. The molecule has 2 aromatic carbocycles. The van der Waals surface area contributed by atoms with Gasteiger partial charge in [0, 0.05) is 5.56 Å². The van der Waals surface area contributed by atoms with Crippen LogP contribution >= 0.6 is 0 Å². The molecular formula is C15H17NO4S. The highest BCUT2D eigenvalue weighted by molar-refractivity contribution is 7.92. The molecule has 0 aliphatic rings. The Labute approximate surface area is 124 Å². The summed E-state index contributed by atoms with van der Waals surface area (Å²) in [5.41, 5.74) is 1.78. The highest BCUT2D eigenvalue weighted by Gasteiger charge is 2.17. The molecule has 0 bridgehead atoms. The van der Waals surface area contributed by atoms with Gasteiger partial charge in [-0.3, -0.25) is 4.72 Å². The van der Waals surface area contributed by atoms with Crippen LogP contribution in [0, 0.1) is 6.92 Å². The molecule has 0 spiro atoms. The summed E-state index contributed by atoms with van der Waals surface area (Å²) in [6, 6.07) is 11.5. The predicted octanol–water partition coefficient (Wildman–Crippen LogP) is 2.30. The minimum Gasteiger partial charge on any atom is -0.496 e. The van der Waals surface area contributed by atoms with Gasteiger partial charge in [-0.2, -0.15) is 0 Å². The fourth-order valence-electron chi connectivity index (χ4n) is 1.94. The summed E-state index contributed by atoms with van der Waals surface area (Å²) in [6.45, 7) is 1.53. The van der Waals surface area contributed by atoms with Crippen LogP contribution in [0.4, 0.5) is 5.69 Å². The second kappa shape index (κ2) is 6.15. The first-order valence-corrected chi connectivity index (χ1v) is 7.82. The topological polar surface area (TPSA) is 75.6 Å². The van der Waals surface area contributed by atoms with E-state index in [1.165, 1.54) is 25.3 Å². The third-order valence-corrected chi connectivity index (χ3v) is 4.49. The molecule has 112 valence electrons. The van der Waals surface area contributed by atoms with Gasteiger partial charge in [-0.1, -0.05) is 18.2 Å². The van der Waals surface area contributed by atoms with Crippen molar-refractivity contribution in [2.75, 3.05) is 11.8 Å². The number of aryl methyl sites for hydroxylation is 1. The van der Waals surface area contributed by atoms with Crippen LogP contribution in [0.25, 0.3) is 0 Å². The van der Waals surface area contributed by atoms with E-state index in [-0.39, 0.29) is 11.5 Å². The summed E-state index contributed by atoms with van der Waals surface area (Å²) in [5.74, 6) is 0.451. The van der Waals surface area contributed by atoms with Crippen LogP contribution in [0.1, 0.15) is 11.1 Å². The first kappa shape index (κ1) is 15.3. The number of aliphatic hydroxyl groups is 1. The van der Waals surface area contributed by atoms with Gasteiger partial charge < -0.3 is 9.84 Å². The summed E-state index contributed by atoms with van der Waals surface area (Å²) in [6.07, 6.45) is 0. The van der Waals surface area contributed by atoms with E-state index in [4.69, 9.17) is 4.74 Å². The number of nitrogens with one attached hydrogen (secondary N) is 1. The Morgan fingerprint density at radius 1 is 1.19 bits per heavy atom. The van der Waals surface area contributed by atoms with E-state index in [9.17, 15) is 13.5 Å². The summed E-state index contributed by atoms with van der Waals surface area (Å²) < 4.78 is 32.4. The van der Waals surface area contributed by atoms with Gasteiger partial charge in [-0.25, -0.2) is 8.42 Å². The van der Waals surface area contributed by atoms with Gasteiger partial charge in [0.1, 0.15) is 5.75 Å². The Balaban J connectivity index is 2.38. The van der Waals surface area contributed by atoms with E-state index in [0.717, 1.165) is 5.56 Å². The van der Waals surface area contributed by atoms with Crippen LogP contribution < -0.4 is 9.46 Å². The van der Waals surface area contributed by atoms with Crippen LogP contribution in [0.2, 0.25) is 0 Å². The van der Waals surface area contributed by atoms with Gasteiger partial charge in [-0.05, 0) is 36.8 Å². The van der Waals surface area contributed by atoms with Crippen molar-refractivity contribution in [2.24, 2.45) is 0 Å². The maximum Gasteiger partial charge on any atom is 0.261 e. The lowest BCUT2D eigenvalue weighted by Gasteiger charge is -2.12. The maximum atomic E-state index is 12.4. The van der Waals surface area contributed by atoms with Gasteiger partial charge >= 0.3 is 0 Å². The fourth-order valence-corrected chi connectivity index (χ4v) is 3.12. The van der Waals surface area contributed by atoms with Gasteiger partial charge in [-0.15, -0.1) is 0 Å². The van der Waals surface area contributed by atoms with Crippen molar-refractivity contribution in [1.82, 2.24) is 0 Å². The first-order chi connectivity index (χ1) is 9.97. The zero-order valence-electron chi connectivity index (χ0n) is 11.8. The van der Waals surface area contributed by atoms with E-state index < -0.39 is 10.0 Å². The van der Waals surface area contributed by atoms with Gasteiger partial charge in [0.25, 0.3) is 10.0 Å². The van der Waals surface area contributed by atoms with Crippen LogP contribution in [-0.4, -0.2) is 20.6 Å². The van der Waals surface area contributed by atoms with E-state index in [1.54, 1.807) is 12.1 Å². The largest absolute Gasteiger partial charge is 0.496 e. The SMILES string of the molecule is COc1ccc(S(=O)(=O)Nc2ccccc2C)cc1CO. The zero-order chi connectivity index (χ0) is 15.5. The minimum atomic E-state index is -3.71. The van der Waals surface area contributed by atoms with Crippen molar-refractivity contribution in [1.29, 1.82) is 0 Å². The van der Waals surface area contributed by atoms with Gasteiger partial charge in [0.2, 0.25) is 0 Å². The lowest BCUT2D eigenvalue weighted by Crippen LogP contribution is -2.14. The number of methoxy groups -OCH3 is 1. The lowest BCUT2D eigenvalue weighted by atomic mass is 10.2. The number of hydrogen-bond donors (Lipinski definition) is 2. The molecule has 2 N–H and O–H groups in total. The van der Waals surface area contributed by atoms with E-state index in [0.29, 0.717) is 17.0 Å². The third-order valence-electron chi connectivity index (χ3n) is 3.12. The van der Waals surface area contributed by atoms with Crippen molar-refractivity contribution >= 4 is 15.7 Å². The van der Waals surface area contributed by atoms with Crippen LogP contribution in [-0.2, 0) is 16.6 Å². The molecule has 2 aromatic rings. The number of sulfonamides is 1. The van der Waals surface area contributed by atoms with E-state index in [2.05, 4.69) is 4.72 Å². The monoisotopic (exact) mass is 307 g/mol. The van der Waals surface area contributed by atoms with Crippen LogP contribution in [0.5, 0.6) is 5.75 Å². The van der Waals surface area contributed by atoms with E-state index in [1.807, 2.05) is 19.1 Å². The molecule has 0 amide bonds. The number of aliphatic hydroxyl groups excluding tert-OH is 1. The first-order valence-electron chi connectivity index (χ1n) is 6.34. The molecule has 0 aliphatic carbocycles. The number of rotatable bonds is 5. The second-order valence-electron chi connectivity index (χ2n) is 4.55. The molecule has 0 aliphatic heterocycles. The third kappa shape index (κ3) is 3.34. The Morgan fingerprint density at radius 2 is 1.90 bits per heavy atom. The molecular weight excluding hydrogens is 290 g/mol. The summed E-state index contributed by atoms with van der Waals surface area (Å²) in [4.78, 5) is 0.0793. The summed E-state index contributed by atoms with van der Waals surface area (Å²) in [7, 11) is -2.24. The number of para-hydroxylation sites is 1. The Hall–Kier alpha value is -2.05. The van der Waals surface area contributed by atoms with Gasteiger partial charge in [0.15, 0.2) is 0 Å². The highest BCUT2D eigenvalue weighted by Crippen LogP contribution is 2.24. The fraction of sp³-hybridized carbons (Fsp3) is 0.200. The number of anilines is 1. The highest BCUT2D eigenvalue weighted by atomic mass is 32.2. The molecule has 6 heteroatoms. The molecule has 0 saturated heterocycles. The average molecular weight is 307 g/mol. The Morgan fingerprint density at radius 3 is 2.52 bits per heavy atom. The van der Waals surface area contributed by atoms with Gasteiger partial charge in [0.05, 0.1) is 24.3 Å².